The zero-order valence-corrected chi connectivity index (χ0v) is 14.2. The Morgan fingerprint density at radius 3 is 2.10 bits per heavy atom. The van der Waals surface area contributed by atoms with Gasteiger partial charge in [0.05, 0.1) is 10.6 Å². The summed E-state index contributed by atoms with van der Waals surface area (Å²) in [6.07, 6.45) is 1.07. The van der Waals surface area contributed by atoms with E-state index in [9.17, 15) is 13.2 Å². The first-order valence-corrected chi connectivity index (χ1v) is 7.17. The molecule has 0 aromatic heterocycles. The number of guanidine groups is 1. The van der Waals surface area contributed by atoms with Crippen LogP contribution in [-0.4, -0.2) is 40.6 Å². The summed E-state index contributed by atoms with van der Waals surface area (Å²) in [6, 6.07) is 4.27. The quantitative estimate of drug-likeness (QED) is 0.598. The first-order valence-electron chi connectivity index (χ1n) is 5.28. The number of carbonyl (C=O) groups excluding carboxylic acids is 1. The van der Waals surface area contributed by atoms with Crippen molar-refractivity contribution in [2.45, 2.75) is 4.90 Å². The molecule has 0 atom stereocenters. The van der Waals surface area contributed by atoms with Crippen molar-refractivity contribution in [1.29, 1.82) is 0 Å². The van der Waals surface area contributed by atoms with E-state index in [0.717, 1.165) is 6.26 Å². The van der Waals surface area contributed by atoms with Crippen LogP contribution in [0.2, 0.25) is 0 Å². The summed E-state index contributed by atoms with van der Waals surface area (Å²) in [6.45, 7) is 0. The molecule has 4 N–H and O–H groups in total. The number of carbonyl (C=O) groups is 1. The van der Waals surface area contributed by atoms with Crippen LogP contribution in [0.1, 0.15) is 10.4 Å². The van der Waals surface area contributed by atoms with E-state index in [0.29, 0.717) is 5.69 Å². The van der Waals surface area contributed by atoms with E-state index < -0.39 is 15.7 Å². The number of hydrogen-bond donors (Lipinski definition) is 2. The third kappa shape index (κ3) is 5.78. The van der Waals surface area contributed by atoms with Crippen molar-refractivity contribution in [3.8, 4) is 0 Å². The predicted octanol–water partition coefficient (Wildman–Crippen LogP) is 0.413. The monoisotopic (exact) mass is 356 g/mol. The van der Waals surface area contributed by atoms with Crippen LogP contribution in [0.25, 0.3) is 0 Å². The Balaban J connectivity index is 0. The summed E-state index contributed by atoms with van der Waals surface area (Å²) < 4.78 is 23.5. The molecule has 1 aromatic carbocycles. The zero-order valence-electron chi connectivity index (χ0n) is 11.7. The highest BCUT2D eigenvalue weighted by Gasteiger charge is 2.17. The van der Waals surface area contributed by atoms with Crippen molar-refractivity contribution in [2.24, 2.45) is 16.5 Å². The second-order valence-electron chi connectivity index (χ2n) is 4.19. The van der Waals surface area contributed by atoms with Crippen LogP contribution in [0.5, 0.6) is 0 Å². The number of nitrogens with two attached hydrogens (primary N) is 2. The Bertz CT molecular complexity index is 641. The number of hydrogen-bond acceptors (Lipinski definition) is 4. The molecule has 0 radical (unpaired) electrons. The molecular weight excluding hydrogens is 339 g/mol. The third-order valence-electron chi connectivity index (χ3n) is 2.32. The number of halogens is 2. The fourth-order valence-electron chi connectivity index (χ4n) is 1.50. The van der Waals surface area contributed by atoms with Crippen LogP contribution in [0.3, 0.4) is 0 Å². The number of sulfone groups is 1. The van der Waals surface area contributed by atoms with Gasteiger partial charge in [0, 0.05) is 25.9 Å². The maximum absolute atomic E-state index is 11.7. The molecule has 0 spiro atoms. The standard InChI is InChI=1S/C11H16N4O3S.2ClH/c1-15(2)8-5-4-7(10(16)14-11(12)13)6-9(8)19(3,17)18;;/h4-6H,1-3H3,(H4,12,13,14,16);2*1H. The second kappa shape index (κ2) is 8.06. The summed E-state index contributed by atoms with van der Waals surface area (Å²) >= 11 is 0. The molecule has 21 heavy (non-hydrogen) atoms. The van der Waals surface area contributed by atoms with Crippen molar-refractivity contribution < 1.29 is 13.2 Å². The van der Waals surface area contributed by atoms with Crippen molar-refractivity contribution >= 4 is 52.2 Å². The van der Waals surface area contributed by atoms with Gasteiger partial charge in [0.15, 0.2) is 15.8 Å². The van der Waals surface area contributed by atoms with Crippen LogP contribution in [0.15, 0.2) is 28.1 Å². The summed E-state index contributed by atoms with van der Waals surface area (Å²) in [5, 5.41) is 0. The smallest absolute Gasteiger partial charge is 0.280 e. The topological polar surface area (TPSA) is 119 Å². The van der Waals surface area contributed by atoms with Crippen molar-refractivity contribution in [2.75, 3.05) is 25.3 Å². The molecule has 0 saturated heterocycles. The molecule has 10 heteroatoms. The number of aliphatic imine (C=N–C) groups is 1. The summed E-state index contributed by atoms with van der Waals surface area (Å²) in [5.41, 5.74) is 10.8. The summed E-state index contributed by atoms with van der Waals surface area (Å²) in [5.74, 6) is -1.06. The Morgan fingerprint density at radius 2 is 1.71 bits per heavy atom. The average Bonchev–Trinajstić information content (AvgIpc) is 2.25. The molecule has 1 rings (SSSR count). The van der Waals surface area contributed by atoms with Gasteiger partial charge in [-0.2, -0.15) is 4.99 Å². The molecule has 0 aliphatic heterocycles. The van der Waals surface area contributed by atoms with Crippen LogP contribution in [0.4, 0.5) is 5.69 Å². The molecule has 1 aromatic rings. The van der Waals surface area contributed by atoms with Gasteiger partial charge in [-0.05, 0) is 18.2 Å². The number of amides is 1. The third-order valence-corrected chi connectivity index (χ3v) is 3.44. The molecule has 0 heterocycles. The normalized spacial score (nSPS) is 9.86. The van der Waals surface area contributed by atoms with Gasteiger partial charge in [-0.1, -0.05) is 0 Å². The van der Waals surface area contributed by atoms with Crippen LogP contribution in [-0.2, 0) is 9.84 Å². The van der Waals surface area contributed by atoms with E-state index >= 15 is 0 Å². The summed E-state index contributed by atoms with van der Waals surface area (Å²) in [4.78, 5) is 16.7. The highest BCUT2D eigenvalue weighted by Crippen LogP contribution is 2.25. The van der Waals surface area contributed by atoms with Crippen molar-refractivity contribution in [3.63, 3.8) is 0 Å². The van der Waals surface area contributed by atoms with Gasteiger partial charge in [0.1, 0.15) is 0 Å². The van der Waals surface area contributed by atoms with Gasteiger partial charge >= 0.3 is 0 Å². The van der Waals surface area contributed by atoms with E-state index in [1.807, 2.05) is 0 Å². The van der Waals surface area contributed by atoms with E-state index in [4.69, 9.17) is 11.5 Å². The highest BCUT2D eigenvalue weighted by molar-refractivity contribution is 7.90. The fraction of sp³-hybridized carbons (Fsp3) is 0.273. The van der Waals surface area contributed by atoms with Crippen molar-refractivity contribution in [3.05, 3.63) is 23.8 Å². The average molecular weight is 357 g/mol. The maximum atomic E-state index is 11.7. The number of anilines is 1. The minimum Gasteiger partial charge on any atom is -0.377 e. The zero-order chi connectivity index (χ0) is 14.8. The Kier molecular flexibility index (Phi) is 8.36. The molecular formula is C11H18Cl2N4O3S. The van der Waals surface area contributed by atoms with Crippen LogP contribution in [0, 0.1) is 0 Å². The number of rotatable bonds is 3. The summed E-state index contributed by atoms with van der Waals surface area (Å²) in [7, 11) is -0.0481. The number of benzene rings is 1. The number of nitrogens with zero attached hydrogens (tertiary/aromatic N) is 2. The van der Waals surface area contributed by atoms with E-state index in [1.165, 1.54) is 18.2 Å². The van der Waals surface area contributed by atoms with Gasteiger partial charge < -0.3 is 16.4 Å². The first-order chi connectivity index (χ1) is 8.62. The van der Waals surface area contributed by atoms with Gasteiger partial charge in [0.2, 0.25) is 0 Å². The first kappa shape index (κ1) is 21.8. The fourth-order valence-corrected chi connectivity index (χ4v) is 2.47. The SMILES string of the molecule is CN(C)c1ccc(C(=O)N=C(N)N)cc1S(C)(=O)=O.Cl.Cl. The molecule has 0 aliphatic rings. The molecule has 0 saturated carbocycles. The molecule has 120 valence electrons. The maximum Gasteiger partial charge on any atom is 0.280 e. The van der Waals surface area contributed by atoms with E-state index in [1.54, 1.807) is 19.0 Å². The lowest BCUT2D eigenvalue weighted by Crippen LogP contribution is -2.24. The van der Waals surface area contributed by atoms with Gasteiger partial charge in [-0.3, -0.25) is 4.79 Å². The lowest BCUT2D eigenvalue weighted by atomic mass is 10.2. The molecule has 0 unspecified atom stereocenters. The highest BCUT2D eigenvalue weighted by atomic mass is 35.5. The minimum absolute atomic E-state index is 0. The van der Waals surface area contributed by atoms with Crippen LogP contribution >= 0.6 is 24.8 Å². The Hall–Kier alpha value is -1.51. The Labute approximate surface area is 136 Å². The minimum atomic E-state index is -3.47. The molecule has 0 bridgehead atoms. The second-order valence-corrected chi connectivity index (χ2v) is 6.18. The molecule has 1 amide bonds. The lowest BCUT2D eigenvalue weighted by molar-refractivity contribution is 0.100. The molecule has 0 fully saturated rings. The van der Waals surface area contributed by atoms with E-state index in [2.05, 4.69) is 4.99 Å². The molecule has 7 nitrogen and oxygen atoms in total. The van der Waals surface area contributed by atoms with Crippen molar-refractivity contribution in [1.82, 2.24) is 0 Å². The van der Waals surface area contributed by atoms with Gasteiger partial charge in [-0.15, -0.1) is 24.8 Å². The van der Waals surface area contributed by atoms with E-state index in [-0.39, 0.29) is 41.2 Å². The van der Waals surface area contributed by atoms with Gasteiger partial charge in [0.25, 0.3) is 5.91 Å². The largest absolute Gasteiger partial charge is 0.377 e. The lowest BCUT2D eigenvalue weighted by Gasteiger charge is -2.16. The molecule has 0 aliphatic carbocycles. The van der Waals surface area contributed by atoms with Gasteiger partial charge in [-0.25, -0.2) is 8.42 Å². The van der Waals surface area contributed by atoms with Crippen LogP contribution < -0.4 is 16.4 Å². The predicted molar refractivity (Wildman–Crippen MR) is 88.5 cm³/mol. The Morgan fingerprint density at radius 1 is 1.19 bits per heavy atom.